The number of unbranched alkanes of at least 4 members (excludes halogenated alkanes) is 24. The molecule has 0 aliphatic rings. The molecule has 0 amide bonds. The molecule has 0 aliphatic carbocycles. The van der Waals surface area contributed by atoms with E-state index in [1.54, 1.807) is 0 Å². The second-order valence-corrected chi connectivity index (χ2v) is 18.6. The van der Waals surface area contributed by atoms with E-state index in [4.69, 9.17) is 14.2 Å². The Morgan fingerprint density at radius 1 is 0.333 bits per heavy atom. The Labute approximate surface area is 406 Å². The topological polar surface area (TPSA) is 99.1 Å². The van der Waals surface area contributed by atoms with Crippen molar-refractivity contribution < 1.29 is 33.7 Å². The fourth-order valence-corrected chi connectivity index (χ4v) is 7.42. The monoisotopic (exact) mass is 923 g/mol. The summed E-state index contributed by atoms with van der Waals surface area (Å²) in [5.41, 5.74) is -1.21. The number of allylic oxidation sites excluding steroid dienone is 12. The van der Waals surface area contributed by atoms with Gasteiger partial charge in [0.25, 0.3) is 0 Å². The summed E-state index contributed by atoms with van der Waals surface area (Å²) in [4.78, 5) is 38.4. The molecule has 0 aromatic heterocycles. The van der Waals surface area contributed by atoms with Crippen molar-refractivity contribution >= 4 is 17.9 Å². The standard InChI is InChI=1S/C59H102O7/c1-4-7-10-13-16-19-22-25-28-31-34-37-40-43-46-49-56(61)64-53-59(52-60,54-65-57(62)50-47-44-41-38-35-32-29-26-23-20-17-14-11-8-5-2)55-66-58(63)51-48-45-42-39-36-33-30-27-24-21-18-15-12-9-6-3/h16-21,25-30,60H,4-15,22-24,31-55H2,1-3H3/b19-16+,20-17+,21-18+,28-25+,29-26+,30-27+. The van der Waals surface area contributed by atoms with Crippen molar-refractivity contribution in [1.29, 1.82) is 0 Å². The maximum absolute atomic E-state index is 12.8. The van der Waals surface area contributed by atoms with Crippen molar-refractivity contribution in [2.75, 3.05) is 26.4 Å². The summed E-state index contributed by atoms with van der Waals surface area (Å²) in [5.74, 6) is -1.07. The Morgan fingerprint density at radius 2 is 0.561 bits per heavy atom. The minimum Gasteiger partial charge on any atom is -0.465 e. The highest BCUT2D eigenvalue weighted by molar-refractivity contribution is 5.70. The molecule has 0 spiro atoms. The smallest absolute Gasteiger partial charge is 0.305 e. The van der Waals surface area contributed by atoms with Crippen LogP contribution in [0.3, 0.4) is 0 Å². The minimum absolute atomic E-state index is 0.184. The number of carbonyl (C=O) groups excluding carboxylic acids is 3. The van der Waals surface area contributed by atoms with Crippen LogP contribution in [0.5, 0.6) is 0 Å². The van der Waals surface area contributed by atoms with E-state index in [0.29, 0.717) is 0 Å². The van der Waals surface area contributed by atoms with Gasteiger partial charge in [0, 0.05) is 19.3 Å². The lowest BCUT2D eigenvalue weighted by Crippen LogP contribution is -2.42. The zero-order chi connectivity index (χ0) is 48.1. The van der Waals surface area contributed by atoms with Gasteiger partial charge >= 0.3 is 17.9 Å². The van der Waals surface area contributed by atoms with Gasteiger partial charge in [-0.2, -0.15) is 0 Å². The van der Waals surface area contributed by atoms with Gasteiger partial charge in [0.15, 0.2) is 0 Å². The maximum Gasteiger partial charge on any atom is 0.305 e. The second-order valence-electron chi connectivity index (χ2n) is 18.6. The molecule has 0 heterocycles. The largest absolute Gasteiger partial charge is 0.465 e. The molecule has 380 valence electrons. The van der Waals surface area contributed by atoms with Gasteiger partial charge < -0.3 is 19.3 Å². The Balaban J connectivity index is 4.69. The first-order valence-electron chi connectivity index (χ1n) is 27.4. The molecule has 0 saturated carbocycles. The molecule has 0 aliphatic heterocycles. The summed E-state index contributed by atoms with van der Waals surface area (Å²) < 4.78 is 17.0. The van der Waals surface area contributed by atoms with Crippen LogP contribution in [0.1, 0.15) is 252 Å². The predicted octanol–water partition coefficient (Wildman–Crippen LogP) is 17.0. The number of hydrogen-bond donors (Lipinski definition) is 1. The van der Waals surface area contributed by atoms with Crippen molar-refractivity contribution in [3.05, 3.63) is 72.9 Å². The first kappa shape index (κ1) is 62.8. The van der Waals surface area contributed by atoms with Crippen LogP contribution in [0.2, 0.25) is 0 Å². The number of aliphatic hydroxyl groups is 1. The van der Waals surface area contributed by atoms with Gasteiger partial charge in [-0.15, -0.1) is 0 Å². The summed E-state index contributed by atoms with van der Waals surface area (Å²) in [7, 11) is 0. The summed E-state index contributed by atoms with van der Waals surface area (Å²) in [6.45, 7) is 5.70. The third kappa shape index (κ3) is 45.9. The van der Waals surface area contributed by atoms with Gasteiger partial charge in [-0.05, 0) is 116 Å². The highest BCUT2D eigenvalue weighted by Crippen LogP contribution is 2.22. The number of ether oxygens (including phenoxy) is 3. The lowest BCUT2D eigenvalue weighted by Gasteiger charge is -2.30. The fraction of sp³-hybridized carbons (Fsp3) is 0.746. The molecule has 0 atom stereocenters. The number of rotatable bonds is 49. The summed E-state index contributed by atoms with van der Waals surface area (Å²) in [5, 5.41) is 10.6. The molecule has 7 nitrogen and oxygen atoms in total. The Kier molecular flexibility index (Phi) is 48.7. The molecule has 0 unspecified atom stereocenters. The van der Waals surface area contributed by atoms with Gasteiger partial charge in [0.05, 0.1) is 12.0 Å². The first-order chi connectivity index (χ1) is 32.4. The molecule has 0 aromatic carbocycles. The average Bonchev–Trinajstić information content (AvgIpc) is 3.32. The molecule has 1 N–H and O–H groups in total. The number of carbonyl (C=O) groups is 3. The van der Waals surface area contributed by atoms with Crippen molar-refractivity contribution in [2.45, 2.75) is 252 Å². The second kappa shape index (κ2) is 51.2. The molecule has 0 bridgehead atoms. The number of hydrogen-bond acceptors (Lipinski definition) is 7. The van der Waals surface area contributed by atoms with Crippen LogP contribution >= 0.6 is 0 Å². The average molecular weight is 923 g/mol. The Morgan fingerprint density at radius 3 is 0.803 bits per heavy atom. The van der Waals surface area contributed by atoms with Crippen molar-refractivity contribution in [3.8, 4) is 0 Å². The van der Waals surface area contributed by atoms with Gasteiger partial charge in [-0.3, -0.25) is 14.4 Å². The normalized spacial score (nSPS) is 12.4. The zero-order valence-corrected chi connectivity index (χ0v) is 43.1. The molecular formula is C59H102O7. The van der Waals surface area contributed by atoms with E-state index < -0.39 is 12.0 Å². The van der Waals surface area contributed by atoms with E-state index in [1.165, 1.54) is 77.0 Å². The number of esters is 3. The lowest BCUT2D eigenvalue weighted by molar-refractivity contribution is -0.165. The maximum atomic E-state index is 12.8. The van der Waals surface area contributed by atoms with Gasteiger partial charge in [-0.25, -0.2) is 0 Å². The minimum atomic E-state index is -1.21. The van der Waals surface area contributed by atoms with Gasteiger partial charge in [0.2, 0.25) is 0 Å². The van der Waals surface area contributed by atoms with Gasteiger partial charge in [0.1, 0.15) is 19.8 Å². The van der Waals surface area contributed by atoms with Crippen molar-refractivity contribution in [1.82, 2.24) is 0 Å². The molecule has 0 aromatic rings. The Bertz CT molecular complexity index is 1120. The molecule has 7 heteroatoms. The summed E-state index contributed by atoms with van der Waals surface area (Å²) in [6.07, 6.45) is 64.4. The Hall–Kier alpha value is -3.19. The summed E-state index contributed by atoms with van der Waals surface area (Å²) in [6, 6.07) is 0. The molecule has 0 saturated heterocycles. The quantitative estimate of drug-likeness (QED) is 0.0281. The molecule has 0 radical (unpaired) electrons. The third-order valence-electron chi connectivity index (χ3n) is 11.9. The number of aliphatic hydroxyl groups excluding tert-OH is 1. The van der Waals surface area contributed by atoms with E-state index in [0.717, 1.165) is 135 Å². The lowest BCUT2D eigenvalue weighted by atomic mass is 9.92. The fourth-order valence-electron chi connectivity index (χ4n) is 7.42. The van der Waals surface area contributed by atoms with Crippen LogP contribution in [0.4, 0.5) is 0 Å². The predicted molar refractivity (Wildman–Crippen MR) is 280 cm³/mol. The van der Waals surface area contributed by atoms with Crippen LogP contribution in [0, 0.1) is 5.41 Å². The van der Waals surface area contributed by atoms with E-state index in [-0.39, 0.29) is 57.0 Å². The van der Waals surface area contributed by atoms with E-state index in [9.17, 15) is 19.5 Å². The van der Waals surface area contributed by atoms with Crippen LogP contribution in [0.25, 0.3) is 0 Å². The van der Waals surface area contributed by atoms with E-state index in [1.807, 2.05) is 0 Å². The molecule has 66 heavy (non-hydrogen) atoms. The van der Waals surface area contributed by atoms with E-state index in [2.05, 4.69) is 93.7 Å². The van der Waals surface area contributed by atoms with Crippen molar-refractivity contribution in [2.24, 2.45) is 5.41 Å². The van der Waals surface area contributed by atoms with Gasteiger partial charge in [-0.1, -0.05) is 190 Å². The summed E-state index contributed by atoms with van der Waals surface area (Å²) >= 11 is 0. The van der Waals surface area contributed by atoms with E-state index >= 15 is 0 Å². The zero-order valence-electron chi connectivity index (χ0n) is 43.1. The highest BCUT2D eigenvalue weighted by Gasteiger charge is 2.35. The third-order valence-corrected chi connectivity index (χ3v) is 11.9. The molecule has 0 rings (SSSR count). The molecule has 0 fully saturated rings. The first-order valence-corrected chi connectivity index (χ1v) is 27.4. The van der Waals surface area contributed by atoms with Crippen molar-refractivity contribution in [3.63, 3.8) is 0 Å². The molecular weight excluding hydrogens is 821 g/mol. The highest BCUT2D eigenvalue weighted by atomic mass is 16.6. The van der Waals surface area contributed by atoms with Crippen LogP contribution in [-0.4, -0.2) is 49.4 Å². The van der Waals surface area contributed by atoms with Crippen LogP contribution in [0.15, 0.2) is 72.9 Å². The SMILES string of the molecule is CCCCC/C=C/C/C=C/CCCCCCCC(=O)OCC(CO)(COC(=O)CCCCCCC/C=C/C/C=C/CCCCC)COC(=O)CCCCCCC/C=C/C/C=C/CCCCC. The van der Waals surface area contributed by atoms with Crippen LogP contribution < -0.4 is 0 Å². The van der Waals surface area contributed by atoms with Crippen LogP contribution in [-0.2, 0) is 28.6 Å².